The monoisotopic (exact) mass is 321 g/mol. The maximum absolute atomic E-state index is 12.2. The zero-order valence-corrected chi connectivity index (χ0v) is 14.2. The Balaban J connectivity index is 1.83. The molecule has 23 heavy (non-hydrogen) atoms. The molecule has 0 bridgehead atoms. The number of nitrogens with one attached hydrogen (secondary N) is 2. The summed E-state index contributed by atoms with van der Waals surface area (Å²) in [5.41, 5.74) is 0. The molecule has 0 unspecified atom stereocenters. The average Bonchev–Trinajstić information content (AvgIpc) is 3.06. The van der Waals surface area contributed by atoms with Crippen molar-refractivity contribution >= 4 is 17.6 Å². The van der Waals surface area contributed by atoms with E-state index in [0.717, 1.165) is 18.7 Å². The number of aromatic nitrogens is 2. The van der Waals surface area contributed by atoms with Crippen LogP contribution in [0.3, 0.4) is 0 Å². The molecule has 0 spiro atoms. The van der Waals surface area contributed by atoms with Gasteiger partial charge in [0, 0.05) is 12.1 Å². The molecule has 2 amide bonds. The van der Waals surface area contributed by atoms with Crippen LogP contribution >= 0.6 is 0 Å². The first-order valence-electron chi connectivity index (χ1n) is 8.27. The molecule has 7 nitrogen and oxygen atoms in total. The van der Waals surface area contributed by atoms with Gasteiger partial charge in [-0.3, -0.25) is 14.5 Å². The van der Waals surface area contributed by atoms with Gasteiger partial charge in [-0.1, -0.05) is 12.8 Å². The third kappa shape index (κ3) is 5.35. The van der Waals surface area contributed by atoms with Gasteiger partial charge in [0.05, 0.1) is 25.3 Å². The molecule has 1 fully saturated rings. The van der Waals surface area contributed by atoms with Gasteiger partial charge < -0.3 is 10.6 Å². The van der Waals surface area contributed by atoms with Crippen LogP contribution in [0.5, 0.6) is 0 Å². The minimum absolute atomic E-state index is 0.0775. The quantitative estimate of drug-likeness (QED) is 0.795. The average molecular weight is 321 g/mol. The summed E-state index contributed by atoms with van der Waals surface area (Å²) >= 11 is 0. The van der Waals surface area contributed by atoms with E-state index in [1.807, 2.05) is 24.6 Å². The first-order chi connectivity index (χ1) is 11.0. The molecule has 2 N–H and O–H groups in total. The molecule has 1 saturated carbocycles. The number of anilines is 1. The summed E-state index contributed by atoms with van der Waals surface area (Å²) in [4.78, 5) is 25.6. The lowest BCUT2D eigenvalue weighted by atomic mass is 10.2. The van der Waals surface area contributed by atoms with Crippen molar-refractivity contribution in [2.24, 2.45) is 0 Å². The van der Waals surface area contributed by atoms with E-state index in [0.29, 0.717) is 6.04 Å². The highest BCUT2D eigenvalue weighted by Crippen LogP contribution is 2.31. The minimum Gasteiger partial charge on any atom is -0.353 e. The Kier molecular flexibility index (Phi) is 6.15. The summed E-state index contributed by atoms with van der Waals surface area (Å²) in [5.74, 6) is 0.526. The van der Waals surface area contributed by atoms with Crippen LogP contribution in [0, 0.1) is 0 Å². The Bertz CT molecular complexity index is 534. The van der Waals surface area contributed by atoms with Crippen molar-refractivity contribution in [1.82, 2.24) is 20.0 Å². The molecular formula is C16H27N5O2. The number of hydrogen-bond acceptors (Lipinski definition) is 4. The minimum atomic E-state index is -0.135. The normalized spacial score (nSPS) is 15.3. The summed E-state index contributed by atoms with van der Waals surface area (Å²) in [7, 11) is 1.76. The number of carbonyl (C=O) groups excluding carboxylic acids is 2. The van der Waals surface area contributed by atoms with E-state index in [1.165, 1.54) is 12.8 Å². The fraction of sp³-hybridized carbons (Fsp3) is 0.688. The molecule has 128 valence electrons. The second-order valence-electron chi connectivity index (χ2n) is 6.54. The van der Waals surface area contributed by atoms with Crippen LogP contribution < -0.4 is 10.6 Å². The van der Waals surface area contributed by atoms with Crippen molar-refractivity contribution in [3.8, 4) is 0 Å². The van der Waals surface area contributed by atoms with Gasteiger partial charge >= 0.3 is 0 Å². The number of carbonyl (C=O) groups is 2. The largest absolute Gasteiger partial charge is 0.353 e. The molecule has 0 radical (unpaired) electrons. The maximum Gasteiger partial charge on any atom is 0.239 e. The first-order valence-corrected chi connectivity index (χ1v) is 8.27. The van der Waals surface area contributed by atoms with Crippen molar-refractivity contribution in [2.45, 2.75) is 51.6 Å². The lowest BCUT2D eigenvalue weighted by molar-refractivity contribution is -0.123. The van der Waals surface area contributed by atoms with Crippen molar-refractivity contribution in [3.63, 3.8) is 0 Å². The summed E-state index contributed by atoms with van der Waals surface area (Å²) in [6.45, 7) is 4.19. The topological polar surface area (TPSA) is 79.3 Å². The molecule has 2 rings (SSSR count). The van der Waals surface area contributed by atoms with Crippen molar-refractivity contribution in [2.75, 3.05) is 25.5 Å². The Morgan fingerprint density at radius 3 is 2.61 bits per heavy atom. The van der Waals surface area contributed by atoms with Crippen LogP contribution in [0.2, 0.25) is 0 Å². The second-order valence-corrected chi connectivity index (χ2v) is 6.54. The third-order valence-electron chi connectivity index (χ3n) is 3.89. The van der Waals surface area contributed by atoms with E-state index in [9.17, 15) is 9.59 Å². The number of likely N-dealkylation sites (N-methyl/N-ethyl adjacent to an activating group) is 1. The zero-order valence-electron chi connectivity index (χ0n) is 14.2. The lowest BCUT2D eigenvalue weighted by Gasteiger charge is -2.18. The summed E-state index contributed by atoms with van der Waals surface area (Å²) in [6, 6.07) is 2.31. The highest BCUT2D eigenvalue weighted by molar-refractivity contribution is 5.91. The van der Waals surface area contributed by atoms with E-state index in [1.54, 1.807) is 18.1 Å². The third-order valence-corrected chi connectivity index (χ3v) is 3.89. The first kappa shape index (κ1) is 17.5. The second kappa shape index (κ2) is 8.10. The Labute approximate surface area is 137 Å². The summed E-state index contributed by atoms with van der Waals surface area (Å²) in [6.07, 6.45) is 6.37. The van der Waals surface area contributed by atoms with Gasteiger partial charge in [-0.15, -0.1) is 0 Å². The molecule has 1 aromatic rings. The van der Waals surface area contributed by atoms with Gasteiger partial charge in [0.15, 0.2) is 0 Å². The molecule has 0 saturated heterocycles. The predicted molar refractivity (Wildman–Crippen MR) is 89.1 cm³/mol. The van der Waals surface area contributed by atoms with Gasteiger partial charge in [0.25, 0.3) is 0 Å². The van der Waals surface area contributed by atoms with Crippen LogP contribution in [-0.4, -0.2) is 52.7 Å². The van der Waals surface area contributed by atoms with Crippen LogP contribution in [0.4, 0.5) is 5.82 Å². The van der Waals surface area contributed by atoms with Crippen molar-refractivity contribution < 1.29 is 9.59 Å². The molecule has 1 heterocycles. The molecule has 0 aromatic carbocycles. The Morgan fingerprint density at radius 2 is 1.96 bits per heavy atom. The lowest BCUT2D eigenvalue weighted by Crippen LogP contribution is -2.41. The smallest absolute Gasteiger partial charge is 0.239 e. The highest BCUT2D eigenvalue weighted by Gasteiger charge is 2.21. The SMILES string of the molecule is CC(C)NC(=O)CN(C)CC(=O)Nc1ccnn1C1CCCC1. The summed E-state index contributed by atoms with van der Waals surface area (Å²) < 4.78 is 1.91. The fourth-order valence-corrected chi connectivity index (χ4v) is 2.95. The van der Waals surface area contributed by atoms with E-state index in [2.05, 4.69) is 15.7 Å². The highest BCUT2D eigenvalue weighted by atomic mass is 16.2. The van der Waals surface area contributed by atoms with Crippen molar-refractivity contribution in [1.29, 1.82) is 0 Å². The van der Waals surface area contributed by atoms with Crippen LogP contribution in [0.1, 0.15) is 45.6 Å². The van der Waals surface area contributed by atoms with Gasteiger partial charge in [0.2, 0.25) is 11.8 Å². The number of hydrogen-bond donors (Lipinski definition) is 2. The van der Waals surface area contributed by atoms with Crippen LogP contribution in [-0.2, 0) is 9.59 Å². The van der Waals surface area contributed by atoms with E-state index >= 15 is 0 Å². The number of rotatable bonds is 7. The molecule has 1 aliphatic carbocycles. The molecule has 1 aliphatic rings. The standard InChI is InChI=1S/C16H27N5O2/c1-12(2)18-15(22)10-20(3)11-16(23)19-14-8-9-17-21(14)13-6-4-5-7-13/h8-9,12-13H,4-7,10-11H2,1-3H3,(H,18,22)(H,19,23). The Morgan fingerprint density at radius 1 is 1.30 bits per heavy atom. The summed E-state index contributed by atoms with van der Waals surface area (Å²) in [5, 5.41) is 10.0. The molecular weight excluding hydrogens is 294 g/mol. The maximum atomic E-state index is 12.2. The van der Waals surface area contributed by atoms with E-state index < -0.39 is 0 Å². The fourth-order valence-electron chi connectivity index (χ4n) is 2.95. The Hall–Kier alpha value is -1.89. The molecule has 0 aliphatic heterocycles. The van der Waals surface area contributed by atoms with E-state index in [4.69, 9.17) is 0 Å². The zero-order chi connectivity index (χ0) is 16.8. The number of amides is 2. The van der Waals surface area contributed by atoms with E-state index in [-0.39, 0.29) is 30.9 Å². The number of nitrogens with zero attached hydrogens (tertiary/aromatic N) is 3. The van der Waals surface area contributed by atoms with Gasteiger partial charge in [-0.25, -0.2) is 4.68 Å². The van der Waals surface area contributed by atoms with Gasteiger partial charge in [-0.2, -0.15) is 5.10 Å². The van der Waals surface area contributed by atoms with Crippen LogP contribution in [0.25, 0.3) is 0 Å². The molecule has 1 aromatic heterocycles. The van der Waals surface area contributed by atoms with Crippen molar-refractivity contribution in [3.05, 3.63) is 12.3 Å². The van der Waals surface area contributed by atoms with Gasteiger partial charge in [-0.05, 0) is 33.7 Å². The predicted octanol–water partition coefficient (Wildman–Crippen LogP) is 1.39. The van der Waals surface area contributed by atoms with Gasteiger partial charge in [0.1, 0.15) is 5.82 Å². The molecule has 7 heteroatoms. The van der Waals surface area contributed by atoms with Crippen LogP contribution in [0.15, 0.2) is 12.3 Å². The molecule has 0 atom stereocenters.